The Morgan fingerprint density at radius 2 is 1.64 bits per heavy atom. The highest BCUT2D eigenvalue weighted by Gasteiger charge is 2.63. The van der Waals surface area contributed by atoms with Crippen LogP contribution in [0.4, 0.5) is 0 Å². The predicted molar refractivity (Wildman–Crippen MR) is 115 cm³/mol. The van der Waals surface area contributed by atoms with Crippen molar-refractivity contribution in [3.63, 3.8) is 0 Å². The van der Waals surface area contributed by atoms with Crippen molar-refractivity contribution >= 4 is 19.9 Å². The van der Waals surface area contributed by atoms with Crippen LogP contribution in [0, 0.1) is 23.7 Å². The minimum absolute atomic E-state index is 0.144. The fourth-order valence-corrected chi connectivity index (χ4v) is 6.31. The van der Waals surface area contributed by atoms with Crippen LogP contribution in [-0.4, -0.2) is 27.0 Å². The van der Waals surface area contributed by atoms with E-state index in [0.29, 0.717) is 18.4 Å². The van der Waals surface area contributed by atoms with E-state index in [1.165, 1.54) is 5.57 Å². The van der Waals surface area contributed by atoms with Gasteiger partial charge in [-0.25, -0.2) is 4.79 Å². The van der Waals surface area contributed by atoms with E-state index in [4.69, 9.17) is 9.16 Å². The largest absolute Gasteiger partial charge is 0.463 e. The van der Waals surface area contributed by atoms with Crippen LogP contribution in [0.5, 0.6) is 0 Å². The first-order valence-electron chi connectivity index (χ1n) is 10.5. The molecule has 1 aromatic rings. The van der Waals surface area contributed by atoms with Gasteiger partial charge >= 0.3 is 5.97 Å². The monoisotopic (exact) mass is 396 g/mol. The van der Waals surface area contributed by atoms with Crippen LogP contribution in [0.1, 0.15) is 33.3 Å². The SMILES string of the molecule is CCOC(=O)C1=C(c2ccccc2)[C@@H]2[C@H]3C=C[C@H]([C@@H]3O[Si](C)(C)C(C)(C)C)[C@H]12. The fraction of sp³-hybridized carbons (Fsp3) is 0.542. The third-order valence-corrected chi connectivity index (χ3v) is 11.8. The highest BCUT2D eigenvalue weighted by atomic mass is 28.4. The number of carbonyl (C=O) groups excluding carboxylic acids is 1. The molecule has 1 aromatic carbocycles. The van der Waals surface area contributed by atoms with E-state index in [1.54, 1.807) is 0 Å². The third kappa shape index (κ3) is 2.84. The molecule has 150 valence electrons. The van der Waals surface area contributed by atoms with Crippen molar-refractivity contribution in [3.05, 3.63) is 53.6 Å². The number of rotatable bonds is 5. The van der Waals surface area contributed by atoms with E-state index in [9.17, 15) is 4.79 Å². The maximum Gasteiger partial charge on any atom is 0.334 e. The van der Waals surface area contributed by atoms with Crippen molar-refractivity contribution in [2.45, 2.75) is 51.9 Å². The number of carbonyl (C=O) groups is 1. The lowest BCUT2D eigenvalue weighted by atomic mass is 9.61. The Balaban J connectivity index is 1.69. The van der Waals surface area contributed by atoms with Gasteiger partial charge in [0.1, 0.15) is 0 Å². The van der Waals surface area contributed by atoms with E-state index in [-0.39, 0.29) is 28.9 Å². The first kappa shape index (κ1) is 19.7. The molecule has 0 N–H and O–H groups in total. The van der Waals surface area contributed by atoms with Gasteiger partial charge in [0.15, 0.2) is 8.32 Å². The van der Waals surface area contributed by atoms with Crippen LogP contribution in [0.15, 0.2) is 48.1 Å². The standard InChI is InChI=1S/C24H32O3Si/c1-7-26-23(25)21-18(15-11-9-8-10-12-15)19-16-13-14-17(20(19)21)22(16)27-28(5,6)24(2,3)4/h8-14,16-17,19-20,22H,7H2,1-6H3/t16-,17+,19+,20+,22-/m1/s1. The third-order valence-electron chi connectivity index (χ3n) is 7.30. The Morgan fingerprint density at radius 1 is 1.04 bits per heavy atom. The lowest BCUT2D eigenvalue weighted by Crippen LogP contribution is -2.45. The molecular weight excluding hydrogens is 364 g/mol. The molecule has 3 aliphatic rings. The molecule has 3 aliphatic carbocycles. The minimum atomic E-state index is -1.89. The molecule has 0 aliphatic heterocycles. The summed E-state index contributed by atoms with van der Waals surface area (Å²) >= 11 is 0. The molecule has 5 atom stereocenters. The second kappa shape index (κ2) is 6.70. The van der Waals surface area contributed by atoms with Crippen molar-refractivity contribution in [2.75, 3.05) is 6.61 Å². The number of hydrogen-bond donors (Lipinski definition) is 0. The predicted octanol–water partition coefficient (Wildman–Crippen LogP) is 5.46. The molecule has 3 nitrogen and oxygen atoms in total. The van der Waals surface area contributed by atoms with E-state index in [0.717, 1.165) is 11.1 Å². The quantitative estimate of drug-likeness (QED) is 0.377. The summed E-state index contributed by atoms with van der Waals surface area (Å²) < 4.78 is 12.4. The molecule has 0 radical (unpaired) electrons. The van der Waals surface area contributed by atoms with Gasteiger partial charge in [-0.05, 0) is 36.2 Å². The van der Waals surface area contributed by atoms with Gasteiger partial charge in [0, 0.05) is 29.2 Å². The zero-order valence-electron chi connectivity index (χ0n) is 17.9. The van der Waals surface area contributed by atoms with Crippen LogP contribution in [-0.2, 0) is 14.0 Å². The number of hydrogen-bond acceptors (Lipinski definition) is 3. The van der Waals surface area contributed by atoms with Crippen LogP contribution in [0.25, 0.3) is 5.57 Å². The van der Waals surface area contributed by atoms with Gasteiger partial charge in [-0.3, -0.25) is 0 Å². The van der Waals surface area contributed by atoms with Crippen molar-refractivity contribution in [3.8, 4) is 0 Å². The highest BCUT2D eigenvalue weighted by molar-refractivity contribution is 6.74. The highest BCUT2D eigenvalue weighted by Crippen LogP contribution is 2.65. The van der Waals surface area contributed by atoms with Crippen molar-refractivity contribution in [1.82, 2.24) is 0 Å². The van der Waals surface area contributed by atoms with Gasteiger partial charge in [-0.1, -0.05) is 63.3 Å². The number of fused-ring (bicyclic) bond motifs is 5. The molecule has 4 heteroatoms. The van der Waals surface area contributed by atoms with Gasteiger partial charge in [0.05, 0.1) is 12.7 Å². The van der Waals surface area contributed by atoms with E-state index in [1.807, 2.05) is 25.1 Å². The van der Waals surface area contributed by atoms with E-state index >= 15 is 0 Å². The zero-order chi connectivity index (χ0) is 20.3. The molecule has 0 spiro atoms. The Labute approximate surface area is 169 Å². The molecule has 0 saturated heterocycles. The van der Waals surface area contributed by atoms with Gasteiger partial charge in [0.2, 0.25) is 0 Å². The van der Waals surface area contributed by atoms with Crippen molar-refractivity contribution in [1.29, 1.82) is 0 Å². The maximum absolute atomic E-state index is 12.8. The first-order valence-corrected chi connectivity index (χ1v) is 13.4. The Bertz CT molecular complexity index is 831. The fourth-order valence-electron chi connectivity index (χ4n) is 4.96. The normalized spacial score (nSPS) is 31.0. The molecule has 0 aromatic heterocycles. The Hall–Kier alpha value is -1.65. The van der Waals surface area contributed by atoms with Gasteiger partial charge < -0.3 is 9.16 Å². The molecule has 0 amide bonds. The molecule has 1 saturated carbocycles. The van der Waals surface area contributed by atoms with Gasteiger partial charge in [-0.2, -0.15) is 0 Å². The second-order valence-electron chi connectivity index (χ2n) is 9.85. The molecule has 0 unspecified atom stereocenters. The number of allylic oxidation sites excluding steroid dienone is 1. The van der Waals surface area contributed by atoms with E-state index < -0.39 is 8.32 Å². The minimum Gasteiger partial charge on any atom is -0.463 e. The lowest BCUT2D eigenvalue weighted by Gasteiger charge is -2.41. The molecule has 4 rings (SSSR count). The van der Waals surface area contributed by atoms with Crippen LogP contribution >= 0.6 is 0 Å². The molecule has 0 heterocycles. The zero-order valence-corrected chi connectivity index (χ0v) is 18.9. The topological polar surface area (TPSA) is 35.5 Å². The first-order chi connectivity index (χ1) is 13.2. The van der Waals surface area contributed by atoms with Gasteiger partial charge in [-0.15, -0.1) is 0 Å². The average molecular weight is 397 g/mol. The molecule has 1 fully saturated rings. The average Bonchev–Trinajstić information content (AvgIpc) is 3.06. The maximum atomic E-state index is 12.8. The summed E-state index contributed by atoms with van der Waals surface area (Å²) in [6.45, 7) is 13.8. The van der Waals surface area contributed by atoms with Crippen LogP contribution in [0.2, 0.25) is 18.1 Å². The summed E-state index contributed by atoms with van der Waals surface area (Å²) in [6.07, 6.45) is 4.82. The molecule has 2 bridgehead atoms. The number of ether oxygens (including phenoxy) is 1. The summed E-state index contributed by atoms with van der Waals surface area (Å²) in [4.78, 5) is 12.8. The summed E-state index contributed by atoms with van der Waals surface area (Å²) in [6, 6.07) is 10.3. The summed E-state index contributed by atoms with van der Waals surface area (Å²) in [7, 11) is -1.89. The summed E-state index contributed by atoms with van der Waals surface area (Å²) in [5.41, 5.74) is 3.22. The number of esters is 1. The van der Waals surface area contributed by atoms with Gasteiger partial charge in [0.25, 0.3) is 0 Å². The number of benzene rings is 1. The van der Waals surface area contributed by atoms with E-state index in [2.05, 4.69) is 58.2 Å². The Morgan fingerprint density at radius 3 is 2.21 bits per heavy atom. The second-order valence-corrected chi connectivity index (χ2v) is 14.6. The summed E-state index contributed by atoms with van der Waals surface area (Å²) in [5, 5.41) is 0.174. The smallest absolute Gasteiger partial charge is 0.334 e. The Kier molecular flexibility index (Phi) is 4.70. The van der Waals surface area contributed by atoms with Crippen LogP contribution in [0.3, 0.4) is 0 Å². The molecular formula is C24H32O3Si. The molecule has 28 heavy (non-hydrogen) atoms. The van der Waals surface area contributed by atoms with Crippen LogP contribution < -0.4 is 0 Å². The van der Waals surface area contributed by atoms with Crippen molar-refractivity contribution < 1.29 is 14.0 Å². The van der Waals surface area contributed by atoms with Crippen molar-refractivity contribution in [2.24, 2.45) is 23.7 Å². The lowest BCUT2D eigenvalue weighted by molar-refractivity contribution is -0.139. The summed E-state index contributed by atoms with van der Waals surface area (Å²) in [5.74, 6) is 1.11.